The number of rotatable bonds is 5. The number of nitrogens with two attached hydrogens (primary N) is 2. The summed E-state index contributed by atoms with van der Waals surface area (Å²) in [6.45, 7) is 0.806. The normalized spacial score (nSPS) is 20.4. The second kappa shape index (κ2) is 6.41. The highest BCUT2D eigenvalue weighted by molar-refractivity contribution is 7.89. The molecule has 2 atom stereocenters. The average Bonchev–Trinajstić information content (AvgIpc) is 2.84. The van der Waals surface area contributed by atoms with Gasteiger partial charge in [0.25, 0.3) is 0 Å². The van der Waals surface area contributed by atoms with Crippen LogP contribution in [0, 0.1) is 0 Å². The van der Waals surface area contributed by atoms with Gasteiger partial charge < -0.3 is 11.1 Å². The van der Waals surface area contributed by atoms with Gasteiger partial charge in [-0.05, 0) is 48.2 Å². The predicted molar refractivity (Wildman–Crippen MR) is 90.3 cm³/mol. The number of benzene rings is 2. The van der Waals surface area contributed by atoms with E-state index in [0.29, 0.717) is 0 Å². The summed E-state index contributed by atoms with van der Waals surface area (Å²) in [7, 11) is -3.62. The summed E-state index contributed by atoms with van der Waals surface area (Å²) < 4.78 is 22.5. The minimum atomic E-state index is -3.62. The molecule has 0 spiro atoms. The van der Waals surface area contributed by atoms with Gasteiger partial charge in [0.2, 0.25) is 10.0 Å². The highest BCUT2D eigenvalue weighted by Crippen LogP contribution is 2.36. The Morgan fingerprint density at radius 3 is 2.35 bits per heavy atom. The zero-order valence-corrected chi connectivity index (χ0v) is 13.6. The smallest absolute Gasteiger partial charge is 0.238 e. The summed E-state index contributed by atoms with van der Waals surface area (Å²) in [6.07, 6.45) is 1.72. The fraction of sp³-hybridized carbons (Fsp3) is 0.294. The van der Waals surface area contributed by atoms with Crippen molar-refractivity contribution in [1.82, 2.24) is 5.32 Å². The van der Waals surface area contributed by atoms with E-state index in [1.54, 1.807) is 24.3 Å². The Morgan fingerprint density at radius 1 is 1.04 bits per heavy atom. The highest BCUT2D eigenvalue weighted by atomic mass is 32.2. The molecule has 0 aliphatic heterocycles. The standard InChI is InChI=1S/C17H21N3O2S/c18-16-11-17(15-4-2-1-3-14(15)16)20-10-9-12-5-7-13(8-6-12)23(19,21)22/h1-8,16-17,20H,9-11,18H2,(H2,19,21,22). The van der Waals surface area contributed by atoms with Crippen LogP contribution in [0.25, 0.3) is 0 Å². The maximum absolute atomic E-state index is 11.2. The number of primary sulfonamides is 1. The molecule has 122 valence electrons. The second-order valence-electron chi connectivity index (χ2n) is 5.92. The Bertz CT molecular complexity index is 788. The van der Waals surface area contributed by atoms with Crippen LogP contribution < -0.4 is 16.2 Å². The molecule has 0 amide bonds. The lowest BCUT2D eigenvalue weighted by Crippen LogP contribution is -2.22. The van der Waals surface area contributed by atoms with E-state index >= 15 is 0 Å². The molecule has 0 fully saturated rings. The Kier molecular flexibility index (Phi) is 4.50. The van der Waals surface area contributed by atoms with Crippen molar-refractivity contribution in [1.29, 1.82) is 0 Å². The molecule has 2 unspecified atom stereocenters. The van der Waals surface area contributed by atoms with E-state index < -0.39 is 10.0 Å². The molecule has 1 aliphatic rings. The monoisotopic (exact) mass is 331 g/mol. The van der Waals surface area contributed by atoms with E-state index in [9.17, 15) is 8.42 Å². The lowest BCUT2D eigenvalue weighted by atomic mass is 10.1. The van der Waals surface area contributed by atoms with Crippen molar-refractivity contribution in [3.63, 3.8) is 0 Å². The Morgan fingerprint density at radius 2 is 1.70 bits per heavy atom. The molecule has 0 saturated carbocycles. The van der Waals surface area contributed by atoms with Gasteiger partial charge in [-0.25, -0.2) is 13.6 Å². The summed E-state index contributed by atoms with van der Waals surface area (Å²) >= 11 is 0. The molecular weight excluding hydrogens is 310 g/mol. The van der Waals surface area contributed by atoms with Crippen LogP contribution in [0.15, 0.2) is 53.4 Å². The van der Waals surface area contributed by atoms with E-state index in [1.165, 1.54) is 11.1 Å². The first-order chi connectivity index (χ1) is 10.9. The third-order valence-corrected chi connectivity index (χ3v) is 5.25. The van der Waals surface area contributed by atoms with Crippen molar-refractivity contribution < 1.29 is 8.42 Å². The molecule has 23 heavy (non-hydrogen) atoms. The predicted octanol–water partition coefficient (Wildman–Crippen LogP) is 1.61. The minimum Gasteiger partial charge on any atom is -0.324 e. The Labute approximate surface area is 136 Å². The van der Waals surface area contributed by atoms with Crippen molar-refractivity contribution in [3.8, 4) is 0 Å². The van der Waals surface area contributed by atoms with Gasteiger partial charge in [-0.1, -0.05) is 36.4 Å². The van der Waals surface area contributed by atoms with E-state index in [1.807, 2.05) is 12.1 Å². The second-order valence-corrected chi connectivity index (χ2v) is 7.48. The lowest BCUT2D eigenvalue weighted by molar-refractivity contribution is 0.502. The van der Waals surface area contributed by atoms with Gasteiger partial charge in [0, 0.05) is 12.1 Å². The van der Waals surface area contributed by atoms with Gasteiger partial charge in [-0.15, -0.1) is 0 Å². The lowest BCUT2D eigenvalue weighted by Gasteiger charge is -2.14. The first kappa shape index (κ1) is 16.1. The number of sulfonamides is 1. The molecule has 6 heteroatoms. The van der Waals surface area contributed by atoms with Crippen molar-refractivity contribution in [2.45, 2.75) is 29.8 Å². The molecule has 5 N–H and O–H groups in total. The van der Waals surface area contributed by atoms with Crippen molar-refractivity contribution in [2.75, 3.05) is 6.54 Å². The van der Waals surface area contributed by atoms with Gasteiger partial charge in [0.15, 0.2) is 0 Å². The van der Waals surface area contributed by atoms with Crippen LogP contribution in [0.4, 0.5) is 0 Å². The molecule has 0 saturated heterocycles. The summed E-state index contributed by atoms with van der Waals surface area (Å²) in [5.74, 6) is 0. The molecule has 5 nitrogen and oxygen atoms in total. The molecule has 0 bridgehead atoms. The minimum absolute atomic E-state index is 0.0951. The molecule has 0 heterocycles. The van der Waals surface area contributed by atoms with Crippen LogP contribution in [-0.4, -0.2) is 15.0 Å². The van der Waals surface area contributed by atoms with E-state index in [4.69, 9.17) is 10.9 Å². The Hall–Kier alpha value is -1.73. The number of hydrogen-bond acceptors (Lipinski definition) is 4. The molecule has 0 aromatic heterocycles. The highest BCUT2D eigenvalue weighted by Gasteiger charge is 2.27. The summed E-state index contributed by atoms with van der Waals surface area (Å²) in [4.78, 5) is 0.143. The van der Waals surface area contributed by atoms with Gasteiger partial charge in [0.1, 0.15) is 0 Å². The van der Waals surface area contributed by atoms with Gasteiger partial charge in [-0.3, -0.25) is 0 Å². The van der Waals surface area contributed by atoms with Crippen LogP contribution >= 0.6 is 0 Å². The maximum atomic E-state index is 11.2. The summed E-state index contributed by atoms with van der Waals surface area (Å²) in [5, 5.41) is 8.63. The first-order valence-corrected chi connectivity index (χ1v) is 9.19. The molecular formula is C17H21N3O2S. The molecule has 2 aromatic rings. The number of nitrogens with one attached hydrogen (secondary N) is 1. The molecule has 2 aromatic carbocycles. The first-order valence-electron chi connectivity index (χ1n) is 7.64. The van der Waals surface area contributed by atoms with Gasteiger partial charge in [-0.2, -0.15) is 0 Å². The number of hydrogen-bond donors (Lipinski definition) is 3. The SMILES string of the molecule is NC1CC(NCCc2ccc(S(N)(=O)=O)cc2)c2ccccc21. The third kappa shape index (κ3) is 3.61. The van der Waals surface area contributed by atoms with Crippen LogP contribution in [0.3, 0.4) is 0 Å². The largest absolute Gasteiger partial charge is 0.324 e. The van der Waals surface area contributed by atoms with Crippen LogP contribution in [0.2, 0.25) is 0 Å². The van der Waals surface area contributed by atoms with Crippen LogP contribution in [-0.2, 0) is 16.4 Å². The molecule has 1 aliphatic carbocycles. The zero-order valence-electron chi connectivity index (χ0n) is 12.8. The quantitative estimate of drug-likeness (QED) is 0.775. The van der Waals surface area contributed by atoms with Gasteiger partial charge >= 0.3 is 0 Å². The zero-order chi connectivity index (χ0) is 16.4. The average molecular weight is 331 g/mol. The summed E-state index contributed by atoms with van der Waals surface area (Å²) in [5.41, 5.74) is 9.74. The molecule has 0 radical (unpaired) electrons. The van der Waals surface area contributed by atoms with Crippen molar-refractivity contribution >= 4 is 10.0 Å². The summed E-state index contributed by atoms with van der Waals surface area (Å²) in [6, 6.07) is 15.4. The maximum Gasteiger partial charge on any atom is 0.238 e. The third-order valence-electron chi connectivity index (χ3n) is 4.32. The van der Waals surface area contributed by atoms with E-state index in [2.05, 4.69) is 17.4 Å². The van der Waals surface area contributed by atoms with Crippen LogP contribution in [0.1, 0.15) is 35.2 Å². The van der Waals surface area contributed by atoms with E-state index in [0.717, 1.165) is 24.9 Å². The van der Waals surface area contributed by atoms with E-state index in [-0.39, 0.29) is 17.0 Å². The number of fused-ring (bicyclic) bond motifs is 1. The van der Waals surface area contributed by atoms with Crippen LogP contribution in [0.5, 0.6) is 0 Å². The van der Waals surface area contributed by atoms with Crippen molar-refractivity contribution in [3.05, 3.63) is 65.2 Å². The van der Waals surface area contributed by atoms with Gasteiger partial charge in [0.05, 0.1) is 4.90 Å². The fourth-order valence-corrected chi connectivity index (χ4v) is 3.62. The fourth-order valence-electron chi connectivity index (χ4n) is 3.10. The van der Waals surface area contributed by atoms with Crippen molar-refractivity contribution in [2.24, 2.45) is 10.9 Å². The molecule has 3 rings (SSSR count). The topological polar surface area (TPSA) is 98.2 Å². The Balaban J connectivity index is 1.58.